The molecule has 1 unspecified atom stereocenters. The van der Waals surface area contributed by atoms with E-state index in [9.17, 15) is 9.59 Å². The van der Waals surface area contributed by atoms with E-state index < -0.39 is 15.9 Å². The molecule has 0 saturated heterocycles. The third-order valence-electron chi connectivity index (χ3n) is 3.65. The third-order valence-corrected chi connectivity index (χ3v) is 4.53. The van der Waals surface area contributed by atoms with Gasteiger partial charge >= 0.3 is 0 Å². The molecule has 2 rings (SSSR count). The van der Waals surface area contributed by atoms with E-state index in [0.29, 0.717) is 22.7 Å². The van der Waals surface area contributed by atoms with Gasteiger partial charge in [-0.15, -0.1) is 0 Å². The topological polar surface area (TPSA) is 91.5 Å². The first kappa shape index (κ1) is 24.0. The van der Waals surface area contributed by atoms with E-state index in [-0.39, 0.29) is 11.0 Å². The van der Waals surface area contributed by atoms with Crippen LogP contribution in [0.5, 0.6) is 5.75 Å². The summed E-state index contributed by atoms with van der Waals surface area (Å²) in [5.74, 6) is -0.185. The number of ether oxygens (including phenoxy) is 1. The number of thiocarbonyl (C=S) groups is 1. The molecule has 0 aliphatic carbocycles. The fraction of sp³-hybridized carbons (Fsp3) is 0.211. The van der Waals surface area contributed by atoms with Crippen molar-refractivity contribution in [2.45, 2.75) is 16.9 Å². The summed E-state index contributed by atoms with van der Waals surface area (Å²) < 4.78 is 3.21. The highest BCUT2D eigenvalue weighted by Crippen LogP contribution is 2.29. The van der Waals surface area contributed by atoms with Crippen LogP contribution in [-0.2, 0) is 4.79 Å². The first-order valence-corrected chi connectivity index (χ1v) is 10.1. The Labute approximate surface area is 194 Å². The molecule has 0 radical (unpaired) electrons. The van der Waals surface area contributed by atoms with Gasteiger partial charge in [0.25, 0.3) is 5.91 Å². The molecule has 0 aromatic heterocycles. The zero-order chi connectivity index (χ0) is 22.3. The van der Waals surface area contributed by atoms with Gasteiger partial charge in [0.2, 0.25) is 9.70 Å². The van der Waals surface area contributed by atoms with Crippen LogP contribution in [0.4, 0.5) is 11.4 Å². The van der Waals surface area contributed by atoms with Crippen molar-refractivity contribution in [1.29, 1.82) is 0 Å². The molecule has 160 valence electrons. The standard InChI is InChI=1S/C19H19Cl3N4O3S/c1-11(27)23-13-6-4-7-14(10-13)24-18(30)26-17(19(20,21)22)25-16(28)12-5-3-8-15(9-12)29-2/h3-10,17H,1-2H3,(H,23,27)(H,25,28)(H2,24,26,30). The van der Waals surface area contributed by atoms with Crippen molar-refractivity contribution in [3.05, 3.63) is 54.1 Å². The van der Waals surface area contributed by atoms with Gasteiger partial charge in [0.1, 0.15) is 11.9 Å². The van der Waals surface area contributed by atoms with Crippen LogP contribution in [0.15, 0.2) is 48.5 Å². The van der Waals surface area contributed by atoms with Crippen LogP contribution in [0.1, 0.15) is 17.3 Å². The van der Waals surface area contributed by atoms with Crippen LogP contribution >= 0.6 is 47.0 Å². The van der Waals surface area contributed by atoms with E-state index in [1.54, 1.807) is 48.5 Å². The van der Waals surface area contributed by atoms with E-state index in [4.69, 9.17) is 51.8 Å². The van der Waals surface area contributed by atoms with Crippen molar-refractivity contribution in [3.8, 4) is 5.75 Å². The quantitative estimate of drug-likeness (QED) is 0.278. The molecule has 0 heterocycles. The molecule has 0 saturated carbocycles. The number of alkyl halides is 3. The number of hydrogen-bond acceptors (Lipinski definition) is 4. The number of methoxy groups -OCH3 is 1. The Morgan fingerprint density at radius 1 is 1.00 bits per heavy atom. The number of amides is 2. The zero-order valence-corrected chi connectivity index (χ0v) is 19.0. The monoisotopic (exact) mass is 488 g/mol. The molecule has 7 nitrogen and oxygen atoms in total. The third kappa shape index (κ3) is 7.53. The van der Waals surface area contributed by atoms with Crippen molar-refractivity contribution >= 4 is 75.3 Å². The number of halogens is 3. The van der Waals surface area contributed by atoms with Crippen molar-refractivity contribution in [1.82, 2.24) is 10.6 Å². The highest BCUT2D eigenvalue weighted by Gasteiger charge is 2.35. The Morgan fingerprint density at radius 3 is 2.23 bits per heavy atom. The minimum atomic E-state index is -1.90. The maximum Gasteiger partial charge on any atom is 0.253 e. The van der Waals surface area contributed by atoms with Crippen LogP contribution in [0.2, 0.25) is 0 Å². The molecule has 0 fully saturated rings. The summed E-state index contributed by atoms with van der Waals surface area (Å²) in [4.78, 5) is 23.8. The number of hydrogen-bond donors (Lipinski definition) is 4. The van der Waals surface area contributed by atoms with E-state index in [1.165, 1.54) is 14.0 Å². The van der Waals surface area contributed by atoms with E-state index in [0.717, 1.165) is 0 Å². The summed E-state index contributed by atoms with van der Waals surface area (Å²) in [5.41, 5.74) is 1.48. The summed E-state index contributed by atoms with van der Waals surface area (Å²) in [6, 6.07) is 13.4. The van der Waals surface area contributed by atoms with Gasteiger partial charge in [0.15, 0.2) is 5.11 Å². The predicted molar refractivity (Wildman–Crippen MR) is 125 cm³/mol. The second-order valence-electron chi connectivity index (χ2n) is 6.04. The number of anilines is 2. The highest BCUT2D eigenvalue weighted by molar-refractivity contribution is 7.80. The Hall–Kier alpha value is -2.26. The largest absolute Gasteiger partial charge is 0.497 e. The minimum Gasteiger partial charge on any atom is -0.497 e. The second kappa shape index (κ2) is 10.7. The maximum absolute atomic E-state index is 12.6. The van der Waals surface area contributed by atoms with Gasteiger partial charge in [-0.2, -0.15) is 0 Å². The number of benzene rings is 2. The average Bonchev–Trinajstić information content (AvgIpc) is 2.66. The van der Waals surface area contributed by atoms with E-state index >= 15 is 0 Å². The minimum absolute atomic E-state index is 0.0947. The van der Waals surface area contributed by atoms with Crippen molar-refractivity contribution in [2.75, 3.05) is 17.7 Å². The van der Waals surface area contributed by atoms with Gasteiger partial charge in [-0.05, 0) is 48.6 Å². The molecule has 0 bridgehead atoms. The zero-order valence-electron chi connectivity index (χ0n) is 16.0. The molecule has 0 aliphatic heterocycles. The lowest BCUT2D eigenvalue weighted by atomic mass is 10.2. The van der Waals surface area contributed by atoms with Gasteiger partial charge in [0.05, 0.1) is 7.11 Å². The van der Waals surface area contributed by atoms with Crippen LogP contribution in [0.3, 0.4) is 0 Å². The van der Waals surface area contributed by atoms with Gasteiger partial charge in [-0.25, -0.2) is 0 Å². The van der Waals surface area contributed by atoms with Gasteiger partial charge in [-0.3, -0.25) is 9.59 Å². The van der Waals surface area contributed by atoms with Crippen LogP contribution in [-0.4, -0.2) is 34.0 Å². The number of nitrogens with one attached hydrogen (secondary N) is 4. The summed E-state index contributed by atoms with van der Waals surface area (Å²) in [7, 11) is 1.49. The van der Waals surface area contributed by atoms with E-state index in [2.05, 4.69) is 21.3 Å². The molecule has 2 amide bonds. The summed E-state index contributed by atoms with van der Waals surface area (Å²) in [6.45, 7) is 1.41. The Kier molecular flexibility index (Phi) is 8.54. The fourth-order valence-corrected chi connectivity index (χ4v) is 2.92. The summed E-state index contributed by atoms with van der Waals surface area (Å²) in [6.07, 6.45) is -1.14. The van der Waals surface area contributed by atoms with Gasteiger partial charge in [0, 0.05) is 23.9 Å². The molecule has 11 heteroatoms. The lowest BCUT2D eigenvalue weighted by Gasteiger charge is -2.28. The number of carbonyl (C=O) groups excluding carboxylic acids is 2. The highest BCUT2D eigenvalue weighted by atomic mass is 35.6. The maximum atomic E-state index is 12.6. The van der Waals surface area contributed by atoms with Crippen LogP contribution < -0.4 is 26.0 Å². The summed E-state index contributed by atoms with van der Waals surface area (Å²) in [5, 5.41) is 11.0. The van der Waals surface area contributed by atoms with Crippen molar-refractivity contribution in [2.24, 2.45) is 0 Å². The first-order chi connectivity index (χ1) is 14.1. The lowest BCUT2D eigenvalue weighted by Crippen LogP contribution is -2.56. The lowest BCUT2D eigenvalue weighted by molar-refractivity contribution is -0.114. The first-order valence-electron chi connectivity index (χ1n) is 8.55. The molecule has 0 spiro atoms. The second-order valence-corrected chi connectivity index (χ2v) is 8.82. The van der Waals surface area contributed by atoms with Crippen molar-refractivity contribution < 1.29 is 14.3 Å². The molecular formula is C19H19Cl3N4O3S. The summed E-state index contributed by atoms with van der Waals surface area (Å²) >= 11 is 23.3. The molecule has 2 aromatic rings. The predicted octanol–water partition coefficient (Wildman–Crippen LogP) is 4.07. The number of carbonyl (C=O) groups is 2. The normalized spacial score (nSPS) is 11.8. The number of rotatable bonds is 6. The molecule has 4 N–H and O–H groups in total. The average molecular weight is 490 g/mol. The van der Waals surface area contributed by atoms with Crippen LogP contribution in [0.25, 0.3) is 0 Å². The van der Waals surface area contributed by atoms with E-state index in [1.807, 2.05) is 0 Å². The molecule has 0 aliphatic rings. The van der Waals surface area contributed by atoms with Gasteiger partial charge < -0.3 is 26.0 Å². The smallest absolute Gasteiger partial charge is 0.253 e. The van der Waals surface area contributed by atoms with Crippen molar-refractivity contribution in [3.63, 3.8) is 0 Å². The van der Waals surface area contributed by atoms with Crippen LogP contribution in [0, 0.1) is 0 Å². The molecule has 30 heavy (non-hydrogen) atoms. The Bertz CT molecular complexity index is 937. The molecular weight excluding hydrogens is 471 g/mol. The Morgan fingerprint density at radius 2 is 1.63 bits per heavy atom. The molecule has 2 aromatic carbocycles. The fourth-order valence-electron chi connectivity index (χ4n) is 2.35. The van der Waals surface area contributed by atoms with Gasteiger partial charge in [-0.1, -0.05) is 46.9 Å². The SMILES string of the molecule is COc1cccc(C(=O)NC(NC(=S)Nc2cccc(NC(C)=O)c2)C(Cl)(Cl)Cl)c1. The Balaban J connectivity index is 2.08. The molecule has 1 atom stereocenters.